The SMILES string of the molecule is CCCCCCCCCCCCCC[C@H](Br)C(=O)OC. The van der Waals surface area contributed by atoms with Crippen LogP contribution in [-0.2, 0) is 9.53 Å². The highest BCUT2D eigenvalue weighted by Crippen LogP contribution is 2.15. The molecule has 0 saturated carbocycles. The van der Waals surface area contributed by atoms with Crippen LogP contribution in [0.2, 0.25) is 0 Å². The largest absolute Gasteiger partial charge is 0.468 e. The third-order valence-corrected chi connectivity index (χ3v) is 4.60. The van der Waals surface area contributed by atoms with Crippen molar-refractivity contribution in [1.29, 1.82) is 0 Å². The van der Waals surface area contributed by atoms with Crippen molar-refractivity contribution < 1.29 is 9.53 Å². The van der Waals surface area contributed by atoms with Gasteiger partial charge in [-0.15, -0.1) is 0 Å². The second-order valence-corrected chi connectivity index (χ2v) is 6.77. The van der Waals surface area contributed by atoms with Gasteiger partial charge in [-0.3, -0.25) is 4.79 Å². The molecule has 3 heteroatoms. The number of halogens is 1. The van der Waals surface area contributed by atoms with Gasteiger partial charge in [0.25, 0.3) is 0 Å². The summed E-state index contributed by atoms with van der Waals surface area (Å²) in [6, 6.07) is 0. The standard InChI is InChI=1S/C17H33BrO2/c1-3-4-5-6-7-8-9-10-11-12-13-14-15-16(18)17(19)20-2/h16H,3-15H2,1-2H3/t16-/m0/s1. The summed E-state index contributed by atoms with van der Waals surface area (Å²) < 4.78 is 4.68. The fraction of sp³-hybridized carbons (Fsp3) is 0.941. The lowest BCUT2D eigenvalue weighted by molar-refractivity contribution is -0.139. The van der Waals surface area contributed by atoms with Crippen molar-refractivity contribution >= 4 is 21.9 Å². The summed E-state index contributed by atoms with van der Waals surface area (Å²) in [7, 11) is 1.44. The molecule has 0 aromatic heterocycles. The first kappa shape index (κ1) is 19.9. The summed E-state index contributed by atoms with van der Waals surface area (Å²) in [6.45, 7) is 2.27. The zero-order valence-corrected chi connectivity index (χ0v) is 15.1. The van der Waals surface area contributed by atoms with Crippen LogP contribution in [0.4, 0.5) is 0 Å². The third-order valence-electron chi connectivity index (χ3n) is 3.77. The summed E-state index contributed by atoms with van der Waals surface area (Å²) in [5.41, 5.74) is 0. The number of hydrogen-bond donors (Lipinski definition) is 0. The van der Waals surface area contributed by atoms with Crippen molar-refractivity contribution in [3.63, 3.8) is 0 Å². The van der Waals surface area contributed by atoms with Crippen LogP contribution in [0.1, 0.15) is 90.4 Å². The van der Waals surface area contributed by atoms with Crippen molar-refractivity contribution in [3.05, 3.63) is 0 Å². The molecule has 0 aromatic rings. The first-order valence-corrected chi connectivity index (χ1v) is 9.35. The monoisotopic (exact) mass is 348 g/mol. The Labute approximate surface area is 134 Å². The van der Waals surface area contributed by atoms with E-state index in [4.69, 9.17) is 0 Å². The van der Waals surface area contributed by atoms with E-state index in [-0.39, 0.29) is 10.8 Å². The minimum atomic E-state index is -0.145. The van der Waals surface area contributed by atoms with E-state index in [1.807, 2.05) is 0 Å². The number of unbranched alkanes of at least 4 members (excludes halogenated alkanes) is 11. The molecule has 0 aliphatic heterocycles. The molecule has 0 radical (unpaired) electrons. The van der Waals surface area contributed by atoms with Crippen LogP contribution in [0.15, 0.2) is 0 Å². The second kappa shape index (κ2) is 15.3. The van der Waals surface area contributed by atoms with Gasteiger partial charge in [0, 0.05) is 0 Å². The van der Waals surface area contributed by atoms with Crippen LogP contribution in [0.5, 0.6) is 0 Å². The van der Waals surface area contributed by atoms with Crippen LogP contribution in [0.25, 0.3) is 0 Å². The Bertz CT molecular complexity index is 219. The summed E-state index contributed by atoms with van der Waals surface area (Å²) in [4.78, 5) is 11.1. The van der Waals surface area contributed by atoms with Crippen LogP contribution in [0, 0.1) is 0 Å². The van der Waals surface area contributed by atoms with Gasteiger partial charge in [0.2, 0.25) is 0 Å². The molecule has 0 saturated heterocycles. The number of alkyl halides is 1. The maximum atomic E-state index is 11.2. The van der Waals surface area contributed by atoms with Gasteiger partial charge in [-0.25, -0.2) is 0 Å². The topological polar surface area (TPSA) is 26.3 Å². The molecule has 0 aromatic carbocycles. The van der Waals surface area contributed by atoms with E-state index >= 15 is 0 Å². The molecule has 0 aliphatic rings. The van der Waals surface area contributed by atoms with E-state index in [0.29, 0.717) is 0 Å². The number of carbonyl (C=O) groups excluding carboxylic acids is 1. The lowest BCUT2D eigenvalue weighted by Crippen LogP contribution is -2.15. The molecule has 2 nitrogen and oxygen atoms in total. The van der Waals surface area contributed by atoms with Gasteiger partial charge in [-0.05, 0) is 6.42 Å². The van der Waals surface area contributed by atoms with Gasteiger partial charge >= 0.3 is 5.97 Å². The Hall–Kier alpha value is -0.0500. The molecule has 0 unspecified atom stereocenters. The smallest absolute Gasteiger partial charge is 0.319 e. The van der Waals surface area contributed by atoms with Crippen molar-refractivity contribution in [1.82, 2.24) is 0 Å². The first-order chi connectivity index (χ1) is 9.72. The van der Waals surface area contributed by atoms with Crippen molar-refractivity contribution in [2.45, 2.75) is 95.2 Å². The first-order valence-electron chi connectivity index (χ1n) is 8.44. The number of carbonyl (C=O) groups is 1. The summed E-state index contributed by atoms with van der Waals surface area (Å²) in [6.07, 6.45) is 17.1. The van der Waals surface area contributed by atoms with Crippen molar-refractivity contribution in [2.75, 3.05) is 7.11 Å². The lowest BCUT2D eigenvalue weighted by atomic mass is 10.0. The number of ether oxygens (including phenoxy) is 1. The summed E-state index contributed by atoms with van der Waals surface area (Å²) in [5.74, 6) is -0.145. The predicted molar refractivity (Wildman–Crippen MR) is 90.4 cm³/mol. The average molecular weight is 349 g/mol. The van der Waals surface area contributed by atoms with Gasteiger partial charge in [-0.1, -0.05) is 99.9 Å². The number of methoxy groups -OCH3 is 1. The quantitative estimate of drug-likeness (QED) is 0.218. The Morgan fingerprint density at radius 3 is 1.65 bits per heavy atom. The van der Waals surface area contributed by atoms with Crippen LogP contribution >= 0.6 is 15.9 Å². The number of esters is 1. The van der Waals surface area contributed by atoms with E-state index in [1.54, 1.807) is 0 Å². The molecular formula is C17H33BrO2. The minimum Gasteiger partial charge on any atom is -0.468 e. The van der Waals surface area contributed by atoms with E-state index in [9.17, 15) is 4.79 Å². The summed E-state index contributed by atoms with van der Waals surface area (Å²) in [5, 5.41) is 0. The second-order valence-electron chi connectivity index (χ2n) is 5.67. The highest BCUT2D eigenvalue weighted by molar-refractivity contribution is 9.10. The van der Waals surface area contributed by atoms with Crippen LogP contribution in [0.3, 0.4) is 0 Å². The van der Waals surface area contributed by atoms with Gasteiger partial charge in [-0.2, -0.15) is 0 Å². The number of hydrogen-bond acceptors (Lipinski definition) is 2. The fourth-order valence-corrected chi connectivity index (χ4v) is 2.92. The highest BCUT2D eigenvalue weighted by atomic mass is 79.9. The van der Waals surface area contributed by atoms with Gasteiger partial charge in [0.1, 0.15) is 4.83 Å². The van der Waals surface area contributed by atoms with E-state index in [0.717, 1.165) is 12.8 Å². The minimum absolute atomic E-state index is 0.115. The van der Waals surface area contributed by atoms with Crippen LogP contribution < -0.4 is 0 Å². The molecule has 20 heavy (non-hydrogen) atoms. The molecule has 0 aliphatic carbocycles. The van der Waals surface area contributed by atoms with Gasteiger partial charge in [0.05, 0.1) is 7.11 Å². The van der Waals surface area contributed by atoms with E-state index in [2.05, 4.69) is 27.6 Å². The Morgan fingerprint density at radius 1 is 0.850 bits per heavy atom. The zero-order chi connectivity index (χ0) is 15.1. The van der Waals surface area contributed by atoms with Crippen LogP contribution in [-0.4, -0.2) is 17.9 Å². The predicted octanol–water partition coefficient (Wildman–Crippen LogP) is 6.01. The molecule has 0 heterocycles. The fourth-order valence-electron chi connectivity index (χ4n) is 2.41. The molecule has 0 rings (SSSR count). The Kier molecular flexibility index (Phi) is 15.3. The molecule has 0 bridgehead atoms. The zero-order valence-electron chi connectivity index (χ0n) is 13.5. The normalized spacial score (nSPS) is 12.3. The van der Waals surface area contributed by atoms with Gasteiger partial charge < -0.3 is 4.74 Å². The Morgan fingerprint density at radius 2 is 1.25 bits per heavy atom. The molecule has 0 N–H and O–H groups in total. The van der Waals surface area contributed by atoms with Crippen molar-refractivity contribution in [3.8, 4) is 0 Å². The maximum Gasteiger partial charge on any atom is 0.319 e. The highest BCUT2D eigenvalue weighted by Gasteiger charge is 2.13. The molecular weight excluding hydrogens is 316 g/mol. The third kappa shape index (κ3) is 13.0. The molecule has 0 spiro atoms. The lowest BCUT2D eigenvalue weighted by Gasteiger charge is -2.07. The average Bonchev–Trinajstić information content (AvgIpc) is 2.47. The molecule has 120 valence electrons. The number of rotatable bonds is 14. The Balaban J connectivity index is 3.11. The van der Waals surface area contributed by atoms with Gasteiger partial charge in [0.15, 0.2) is 0 Å². The molecule has 0 fully saturated rings. The van der Waals surface area contributed by atoms with E-state index in [1.165, 1.54) is 77.7 Å². The maximum absolute atomic E-state index is 11.2. The molecule has 0 amide bonds. The van der Waals surface area contributed by atoms with E-state index < -0.39 is 0 Å². The molecule has 1 atom stereocenters. The van der Waals surface area contributed by atoms with Crippen molar-refractivity contribution in [2.24, 2.45) is 0 Å². The summed E-state index contributed by atoms with van der Waals surface area (Å²) >= 11 is 3.36.